The van der Waals surface area contributed by atoms with Crippen LogP contribution < -0.4 is 0 Å². The number of carbonyl (C=O) groups excluding carboxylic acids is 1. The molecular formula is C11H16N2OS. The third-order valence-corrected chi connectivity index (χ3v) is 2.58. The van der Waals surface area contributed by atoms with Crippen LogP contribution in [-0.2, 0) is 5.41 Å². The summed E-state index contributed by atoms with van der Waals surface area (Å²) in [5.41, 5.74) is 1.65. The van der Waals surface area contributed by atoms with Crippen LogP contribution in [0.15, 0.2) is 11.6 Å². The second-order valence-electron chi connectivity index (χ2n) is 4.79. The van der Waals surface area contributed by atoms with Crippen molar-refractivity contribution in [2.24, 2.45) is 0 Å². The van der Waals surface area contributed by atoms with Gasteiger partial charge in [-0.2, -0.15) is 0 Å². The number of allylic oxidation sites excluding steroid dienone is 2. The first-order valence-corrected chi connectivity index (χ1v) is 5.62. The molecule has 1 rings (SSSR count). The van der Waals surface area contributed by atoms with Crippen LogP contribution >= 0.6 is 11.5 Å². The Labute approximate surface area is 94.4 Å². The van der Waals surface area contributed by atoms with Crippen molar-refractivity contribution >= 4 is 17.3 Å². The monoisotopic (exact) mass is 224 g/mol. The molecule has 0 bridgehead atoms. The molecule has 4 heteroatoms. The van der Waals surface area contributed by atoms with E-state index in [0.29, 0.717) is 4.88 Å². The van der Waals surface area contributed by atoms with Crippen LogP contribution in [0.3, 0.4) is 0 Å². The zero-order chi connectivity index (χ0) is 11.6. The minimum absolute atomic E-state index is 0.00919. The Morgan fingerprint density at radius 1 is 1.33 bits per heavy atom. The highest BCUT2D eigenvalue weighted by molar-refractivity contribution is 7.08. The highest BCUT2D eigenvalue weighted by atomic mass is 32.1. The molecule has 0 unspecified atom stereocenters. The molecule has 0 fully saturated rings. The summed E-state index contributed by atoms with van der Waals surface area (Å²) >= 11 is 1.17. The van der Waals surface area contributed by atoms with E-state index in [1.54, 1.807) is 6.08 Å². The molecule has 1 heterocycles. The number of ketones is 1. The normalized spacial score (nSPS) is 11.3. The molecule has 0 aromatic carbocycles. The van der Waals surface area contributed by atoms with E-state index in [9.17, 15) is 4.79 Å². The molecule has 0 aliphatic heterocycles. The van der Waals surface area contributed by atoms with E-state index < -0.39 is 0 Å². The smallest absolute Gasteiger partial charge is 0.199 e. The molecule has 0 spiro atoms. The molecule has 0 aliphatic carbocycles. The van der Waals surface area contributed by atoms with Crippen LogP contribution in [0.5, 0.6) is 0 Å². The van der Waals surface area contributed by atoms with Crippen molar-refractivity contribution in [2.45, 2.75) is 40.0 Å². The predicted molar refractivity (Wildman–Crippen MR) is 62.4 cm³/mol. The summed E-state index contributed by atoms with van der Waals surface area (Å²) in [6.07, 6.45) is 1.63. The number of hydrogen-bond donors (Lipinski definition) is 0. The quantitative estimate of drug-likeness (QED) is 0.573. The first kappa shape index (κ1) is 12.0. The molecule has 1 aromatic rings. The summed E-state index contributed by atoms with van der Waals surface area (Å²) < 4.78 is 3.86. The molecule has 1 aromatic heterocycles. The van der Waals surface area contributed by atoms with E-state index in [1.165, 1.54) is 11.5 Å². The summed E-state index contributed by atoms with van der Waals surface area (Å²) in [6.45, 7) is 9.90. The topological polar surface area (TPSA) is 42.9 Å². The average Bonchev–Trinajstić information content (AvgIpc) is 2.48. The van der Waals surface area contributed by atoms with Crippen LogP contribution in [0, 0.1) is 0 Å². The van der Waals surface area contributed by atoms with Crippen LogP contribution in [0.4, 0.5) is 0 Å². The van der Waals surface area contributed by atoms with E-state index in [-0.39, 0.29) is 11.2 Å². The van der Waals surface area contributed by atoms with Crippen LogP contribution in [0.25, 0.3) is 0 Å². The fourth-order valence-corrected chi connectivity index (χ4v) is 1.96. The lowest BCUT2D eigenvalue weighted by molar-refractivity contribution is 0.104. The molecule has 0 N–H and O–H groups in total. The Hall–Kier alpha value is -1.03. The first-order chi connectivity index (χ1) is 6.82. The van der Waals surface area contributed by atoms with Crippen molar-refractivity contribution in [2.75, 3.05) is 0 Å². The van der Waals surface area contributed by atoms with Gasteiger partial charge in [0, 0.05) is 5.41 Å². The third kappa shape index (κ3) is 2.96. The van der Waals surface area contributed by atoms with Gasteiger partial charge in [-0.15, -0.1) is 5.10 Å². The van der Waals surface area contributed by atoms with Crippen molar-refractivity contribution in [3.8, 4) is 0 Å². The van der Waals surface area contributed by atoms with Crippen LogP contribution in [0.2, 0.25) is 0 Å². The molecule has 0 saturated carbocycles. The number of hydrogen-bond acceptors (Lipinski definition) is 4. The van der Waals surface area contributed by atoms with Gasteiger partial charge in [-0.25, -0.2) is 0 Å². The molecule has 0 aliphatic rings. The SMILES string of the molecule is CC(C)=CC(=O)c1snnc1C(C)(C)C. The maximum atomic E-state index is 11.8. The Bertz CT molecular complexity index is 395. The highest BCUT2D eigenvalue weighted by Crippen LogP contribution is 2.26. The lowest BCUT2D eigenvalue weighted by atomic mass is 9.90. The Morgan fingerprint density at radius 2 is 1.93 bits per heavy atom. The van der Waals surface area contributed by atoms with Gasteiger partial charge in [0.2, 0.25) is 0 Å². The van der Waals surface area contributed by atoms with Gasteiger partial charge in [-0.3, -0.25) is 4.79 Å². The summed E-state index contributed by atoms with van der Waals surface area (Å²) in [4.78, 5) is 12.5. The number of carbonyl (C=O) groups is 1. The van der Waals surface area contributed by atoms with Crippen molar-refractivity contribution in [3.63, 3.8) is 0 Å². The van der Waals surface area contributed by atoms with Crippen molar-refractivity contribution < 1.29 is 4.79 Å². The molecule has 0 atom stereocenters. The maximum Gasteiger partial charge on any atom is 0.199 e. The summed E-state index contributed by atoms with van der Waals surface area (Å²) in [5, 5.41) is 4.03. The fraction of sp³-hybridized carbons (Fsp3) is 0.545. The molecule has 0 amide bonds. The highest BCUT2D eigenvalue weighted by Gasteiger charge is 2.25. The Kier molecular flexibility index (Phi) is 3.39. The molecule has 15 heavy (non-hydrogen) atoms. The maximum absolute atomic E-state index is 11.8. The van der Waals surface area contributed by atoms with E-state index in [1.807, 2.05) is 34.6 Å². The summed E-state index contributed by atoms with van der Waals surface area (Å²) in [7, 11) is 0. The van der Waals surface area contributed by atoms with Crippen LogP contribution in [-0.4, -0.2) is 15.4 Å². The molecule has 0 radical (unpaired) electrons. The van der Waals surface area contributed by atoms with Gasteiger partial charge >= 0.3 is 0 Å². The second-order valence-corrected chi connectivity index (χ2v) is 5.54. The predicted octanol–water partition coefficient (Wildman–Crippen LogP) is 2.98. The minimum Gasteiger partial charge on any atom is -0.288 e. The Balaban J connectivity index is 3.12. The molecule has 3 nitrogen and oxygen atoms in total. The van der Waals surface area contributed by atoms with Gasteiger partial charge in [0.05, 0.1) is 5.69 Å². The first-order valence-electron chi connectivity index (χ1n) is 4.84. The zero-order valence-electron chi connectivity index (χ0n) is 9.79. The molecular weight excluding hydrogens is 208 g/mol. The van der Waals surface area contributed by atoms with E-state index in [2.05, 4.69) is 9.59 Å². The van der Waals surface area contributed by atoms with Gasteiger partial charge in [0.15, 0.2) is 5.78 Å². The van der Waals surface area contributed by atoms with Crippen LogP contribution in [0.1, 0.15) is 50.0 Å². The number of aromatic nitrogens is 2. The van der Waals surface area contributed by atoms with Gasteiger partial charge in [0.1, 0.15) is 4.88 Å². The average molecular weight is 224 g/mol. The standard InChI is InChI=1S/C11H16N2OS/c1-7(2)6-8(14)9-10(11(3,4)5)12-13-15-9/h6H,1-5H3. The van der Waals surface area contributed by atoms with Crippen molar-refractivity contribution in [3.05, 3.63) is 22.2 Å². The minimum atomic E-state index is -0.131. The lowest BCUT2D eigenvalue weighted by Crippen LogP contribution is -2.15. The van der Waals surface area contributed by atoms with E-state index in [0.717, 1.165) is 11.3 Å². The van der Waals surface area contributed by atoms with Crippen molar-refractivity contribution in [1.29, 1.82) is 0 Å². The molecule has 82 valence electrons. The van der Waals surface area contributed by atoms with Gasteiger partial charge in [0.25, 0.3) is 0 Å². The fourth-order valence-electron chi connectivity index (χ4n) is 1.17. The summed E-state index contributed by atoms with van der Waals surface area (Å²) in [6, 6.07) is 0. The van der Waals surface area contributed by atoms with E-state index in [4.69, 9.17) is 0 Å². The van der Waals surface area contributed by atoms with Gasteiger partial charge < -0.3 is 0 Å². The van der Waals surface area contributed by atoms with E-state index >= 15 is 0 Å². The van der Waals surface area contributed by atoms with Gasteiger partial charge in [-0.05, 0) is 31.5 Å². The third-order valence-electron chi connectivity index (χ3n) is 1.84. The number of rotatable bonds is 2. The summed E-state index contributed by atoms with van der Waals surface area (Å²) in [5.74, 6) is 0.00919. The van der Waals surface area contributed by atoms with Crippen molar-refractivity contribution in [1.82, 2.24) is 9.59 Å². The lowest BCUT2D eigenvalue weighted by Gasteiger charge is -2.15. The molecule has 0 saturated heterocycles. The largest absolute Gasteiger partial charge is 0.288 e. The number of nitrogens with zero attached hydrogens (tertiary/aromatic N) is 2. The second kappa shape index (κ2) is 4.23. The Morgan fingerprint density at radius 3 is 2.40 bits per heavy atom. The zero-order valence-corrected chi connectivity index (χ0v) is 10.6. The van der Waals surface area contributed by atoms with Gasteiger partial charge in [-0.1, -0.05) is 30.8 Å².